The van der Waals surface area contributed by atoms with E-state index in [2.05, 4.69) is 15.3 Å². The molecule has 0 aliphatic carbocycles. The van der Waals surface area contributed by atoms with Gasteiger partial charge in [0.1, 0.15) is 12.4 Å². The summed E-state index contributed by atoms with van der Waals surface area (Å²) in [5.41, 5.74) is 0.0951. The Balaban J connectivity index is 2.55. The summed E-state index contributed by atoms with van der Waals surface area (Å²) >= 11 is 0. The molecule has 2 aromatic rings. The van der Waals surface area contributed by atoms with E-state index in [-0.39, 0.29) is 11.3 Å². The van der Waals surface area contributed by atoms with Gasteiger partial charge in [0.05, 0.1) is 5.52 Å². The van der Waals surface area contributed by atoms with Crippen molar-refractivity contribution in [3.63, 3.8) is 0 Å². The third-order valence-electron chi connectivity index (χ3n) is 2.26. The highest BCUT2D eigenvalue weighted by Crippen LogP contribution is 2.30. The maximum Gasteiger partial charge on any atom is 0.451 e. The molecule has 0 atom stereocenters. The first-order chi connectivity index (χ1) is 8.88. The van der Waals surface area contributed by atoms with E-state index in [1.807, 2.05) is 0 Å². The molecule has 2 N–H and O–H groups in total. The molecule has 1 aromatic carbocycles. The minimum absolute atomic E-state index is 0.0951. The number of carboxylic acid groups (broad SMARTS) is 1. The summed E-state index contributed by atoms with van der Waals surface area (Å²) in [5.74, 6) is -2.66. The summed E-state index contributed by atoms with van der Waals surface area (Å²) in [6, 6.07) is 6.05. The van der Waals surface area contributed by atoms with Crippen LogP contribution in [0.2, 0.25) is 0 Å². The quantitative estimate of drug-likeness (QED) is 0.894. The van der Waals surface area contributed by atoms with E-state index in [1.54, 1.807) is 6.07 Å². The number of halogens is 3. The Morgan fingerprint density at radius 1 is 1.26 bits per heavy atom. The number of fused-ring (bicyclic) bond motifs is 1. The van der Waals surface area contributed by atoms with Crippen LogP contribution in [0.1, 0.15) is 5.82 Å². The number of carboxylic acids is 1. The lowest BCUT2D eigenvalue weighted by molar-refractivity contribution is -0.144. The Morgan fingerprint density at radius 3 is 2.58 bits per heavy atom. The van der Waals surface area contributed by atoms with Gasteiger partial charge < -0.3 is 10.4 Å². The fourth-order valence-electron chi connectivity index (χ4n) is 1.50. The molecule has 2 rings (SSSR count). The van der Waals surface area contributed by atoms with Crippen LogP contribution in [-0.2, 0) is 11.0 Å². The molecule has 0 fully saturated rings. The van der Waals surface area contributed by atoms with E-state index in [0.29, 0.717) is 5.39 Å². The minimum atomic E-state index is -4.69. The number of para-hydroxylation sites is 1. The van der Waals surface area contributed by atoms with Crippen LogP contribution in [0.4, 0.5) is 19.0 Å². The maximum atomic E-state index is 12.6. The van der Waals surface area contributed by atoms with E-state index < -0.39 is 24.5 Å². The Kier molecular flexibility index (Phi) is 3.24. The molecular weight excluding hydrogens is 263 g/mol. The summed E-state index contributed by atoms with van der Waals surface area (Å²) in [7, 11) is 0. The van der Waals surface area contributed by atoms with E-state index >= 15 is 0 Å². The molecule has 0 aliphatic heterocycles. The van der Waals surface area contributed by atoms with Crippen molar-refractivity contribution in [2.45, 2.75) is 6.18 Å². The lowest BCUT2D eigenvalue weighted by atomic mass is 10.2. The van der Waals surface area contributed by atoms with Crippen molar-refractivity contribution < 1.29 is 23.1 Å². The molecule has 0 radical (unpaired) electrons. The number of hydrogen-bond acceptors (Lipinski definition) is 4. The largest absolute Gasteiger partial charge is 0.480 e. The zero-order valence-corrected chi connectivity index (χ0v) is 9.40. The van der Waals surface area contributed by atoms with Crippen LogP contribution in [0.15, 0.2) is 24.3 Å². The number of rotatable bonds is 3. The number of carbonyl (C=O) groups is 1. The number of aromatic nitrogens is 2. The number of benzene rings is 1. The molecule has 0 spiro atoms. The second-order valence-corrected chi connectivity index (χ2v) is 3.66. The third kappa shape index (κ3) is 2.90. The van der Waals surface area contributed by atoms with Crippen molar-refractivity contribution in [3.05, 3.63) is 30.1 Å². The highest BCUT2D eigenvalue weighted by molar-refractivity contribution is 5.90. The third-order valence-corrected chi connectivity index (χ3v) is 2.26. The summed E-state index contributed by atoms with van der Waals surface area (Å²) in [5, 5.41) is 11.2. The first kappa shape index (κ1) is 13.1. The zero-order chi connectivity index (χ0) is 14.0. The van der Waals surface area contributed by atoms with Gasteiger partial charge in [-0.1, -0.05) is 12.1 Å². The fraction of sp³-hybridized carbons (Fsp3) is 0.182. The highest BCUT2D eigenvalue weighted by atomic mass is 19.4. The molecule has 0 amide bonds. The number of nitrogens with zero attached hydrogens (tertiary/aromatic N) is 2. The molecule has 5 nitrogen and oxygen atoms in total. The summed E-state index contributed by atoms with van der Waals surface area (Å²) in [6.07, 6.45) is -4.69. The first-order valence-corrected chi connectivity index (χ1v) is 5.17. The van der Waals surface area contributed by atoms with Crippen molar-refractivity contribution in [2.24, 2.45) is 0 Å². The van der Waals surface area contributed by atoms with Gasteiger partial charge in [0, 0.05) is 5.39 Å². The van der Waals surface area contributed by atoms with Crippen molar-refractivity contribution in [2.75, 3.05) is 11.9 Å². The van der Waals surface area contributed by atoms with Crippen LogP contribution < -0.4 is 5.32 Å². The fourth-order valence-corrected chi connectivity index (χ4v) is 1.50. The average Bonchev–Trinajstić information content (AvgIpc) is 2.34. The molecule has 1 aromatic heterocycles. The van der Waals surface area contributed by atoms with Crippen LogP contribution in [0.3, 0.4) is 0 Å². The zero-order valence-electron chi connectivity index (χ0n) is 9.40. The van der Waals surface area contributed by atoms with Crippen molar-refractivity contribution in [1.29, 1.82) is 0 Å². The Bertz CT molecular complexity index is 628. The molecule has 0 saturated heterocycles. The van der Waals surface area contributed by atoms with Gasteiger partial charge in [-0.3, -0.25) is 4.79 Å². The Hall–Kier alpha value is -2.38. The van der Waals surface area contributed by atoms with Gasteiger partial charge in [-0.2, -0.15) is 13.2 Å². The smallest absolute Gasteiger partial charge is 0.451 e. The Labute approximate surface area is 105 Å². The number of aliphatic carboxylic acids is 1. The lowest BCUT2D eigenvalue weighted by Gasteiger charge is -2.11. The first-order valence-electron chi connectivity index (χ1n) is 5.17. The predicted octanol–water partition coefficient (Wildman–Crippen LogP) is 2.15. The van der Waals surface area contributed by atoms with E-state index in [0.717, 1.165) is 0 Å². The topological polar surface area (TPSA) is 75.1 Å². The molecule has 0 aliphatic rings. The number of nitrogens with one attached hydrogen (secondary N) is 1. The summed E-state index contributed by atoms with van der Waals surface area (Å²) in [6.45, 7) is -0.529. The van der Waals surface area contributed by atoms with Gasteiger partial charge in [0.15, 0.2) is 0 Å². The van der Waals surface area contributed by atoms with Gasteiger partial charge >= 0.3 is 12.1 Å². The summed E-state index contributed by atoms with van der Waals surface area (Å²) < 4.78 is 37.9. The number of alkyl halides is 3. The van der Waals surface area contributed by atoms with E-state index in [1.165, 1.54) is 18.2 Å². The van der Waals surface area contributed by atoms with Crippen LogP contribution in [-0.4, -0.2) is 27.6 Å². The normalized spacial score (nSPS) is 11.5. The van der Waals surface area contributed by atoms with Gasteiger partial charge in [-0.15, -0.1) is 0 Å². The van der Waals surface area contributed by atoms with Crippen LogP contribution in [0.5, 0.6) is 0 Å². The Morgan fingerprint density at radius 2 is 1.95 bits per heavy atom. The SMILES string of the molecule is O=C(O)CNc1nc(C(F)(F)F)nc2ccccc12. The number of anilines is 1. The predicted molar refractivity (Wildman–Crippen MR) is 60.7 cm³/mol. The second kappa shape index (κ2) is 4.71. The molecule has 0 unspecified atom stereocenters. The number of hydrogen-bond donors (Lipinski definition) is 2. The van der Waals surface area contributed by atoms with Crippen molar-refractivity contribution >= 4 is 22.7 Å². The van der Waals surface area contributed by atoms with Crippen LogP contribution in [0, 0.1) is 0 Å². The van der Waals surface area contributed by atoms with Gasteiger partial charge in [-0.25, -0.2) is 9.97 Å². The van der Waals surface area contributed by atoms with E-state index in [9.17, 15) is 18.0 Å². The minimum Gasteiger partial charge on any atom is -0.480 e. The molecule has 0 bridgehead atoms. The maximum absolute atomic E-state index is 12.6. The van der Waals surface area contributed by atoms with Gasteiger partial charge in [0.2, 0.25) is 5.82 Å². The van der Waals surface area contributed by atoms with E-state index in [4.69, 9.17) is 5.11 Å². The van der Waals surface area contributed by atoms with Gasteiger partial charge in [0.25, 0.3) is 0 Å². The standard InChI is InChI=1S/C11H8F3N3O2/c12-11(13,14)10-16-7-4-2-1-3-6(7)9(17-10)15-5-8(18)19/h1-4H,5H2,(H,18,19)(H,15,16,17). The molecule has 100 valence electrons. The van der Waals surface area contributed by atoms with Crippen molar-refractivity contribution in [1.82, 2.24) is 9.97 Å². The average molecular weight is 271 g/mol. The molecule has 1 heterocycles. The highest BCUT2D eigenvalue weighted by Gasteiger charge is 2.35. The van der Waals surface area contributed by atoms with Gasteiger partial charge in [-0.05, 0) is 12.1 Å². The molecule has 0 saturated carbocycles. The summed E-state index contributed by atoms with van der Waals surface area (Å²) in [4.78, 5) is 17.2. The molecule has 19 heavy (non-hydrogen) atoms. The monoisotopic (exact) mass is 271 g/mol. The van der Waals surface area contributed by atoms with Crippen LogP contribution >= 0.6 is 0 Å². The van der Waals surface area contributed by atoms with Crippen molar-refractivity contribution in [3.8, 4) is 0 Å². The molecular formula is C11H8F3N3O2. The lowest BCUT2D eigenvalue weighted by Crippen LogP contribution is -2.17. The van der Waals surface area contributed by atoms with Crippen LogP contribution in [0.25, 0.3) is 10.9 Å². The second-order valence-electron chi connectivity index (χ2n) is 3.66. The molecule has 8 heteroatoms.